The van der Waals surface area contributed by atoms with Crippen molar-refractivity contribution in [3.8, 4) is 5.75 Å². The molecule has 4 rings (SSSR count). The summed E-state index contributed by atoms with van der Waals surface area (Å²) in [6, 6.07) is 20.3. The average Bonchev–Trinajstić information content (AvgIpc) is 3.05. The van der Waals surface area contributed by atoms with Gasteiger partial charge in [0, 0.05) is 24.1 Å². The summed E-state index contributed by atoms with van der Waals surface area (Å²) >= 11 is 0. The van der Waals surface area contributed by atoms with Crippen LogP contribution in [0.3, 0.4) is 0 Å². The van der Waals surface area contributed by atoms with Gasteiger partial charge in [-0.05, 0) is 16.8 Å². The lowest BCUT2D eigenvalue weighted by atomic mass is 9.91. The van der Waals surface area contributed by atoms with Crippen molar-refractivity contribution in [2.24, 2.45) is 0 Å². The summed E-state index contributed by atoms with van der Waals surface area (Å²) in [5.41, 5.74) is 1.26. The Morgan fingerprint density at radius 2 is 1.74 bits per heavy atom. The van der Waals surface area contributed by atoms with Crippen LogP contribution in [-0.4, -0.2) is 30.8 Å². The van der Waals surface area contributed by atoms with E-state index < -0.39 is 16.5 Å². The van der Waals surface area contributed by atoms with Crippen LogP contribution in [0.2, 0.25) is 0 Å². The van der Waals surface area contributed by atoms with Crippen molar-refractivity contribution in [1.82, 2.24) is 4.48 Å². The minimum Gasteiger partial charge on any atom is -0.496 e. The van der Waals surface area contributed by atoms with Crippen LogP contribution in [0.5, 0.6) is 5.75 Å². The van der Waals surface area contributed by atoms with Gasteiger partial charge in [0.1, 0.15) is 18.2 Å². The number of carbonyl (C=O) groups excluding carboxylic acids is 1. The van der Waals surface area contributed by atoms with Gasteiger partial charge in [0.2, 0.25) is 0 Å². The molecule has 3 aromatic rings. The average molecular weight is 362 g/mol. The molecule has 27 heavy (non-hydrogen) atoms. The maximum Gasteiger partial charge on any atom is 0.526 e. The van der Waals surface area contributed by atoms with E-state index in [1.165, 1.54) is 0 Å². The van der Waals surface area contributed by atoms with Crippen LogP contribution < -0.4 is 9.22 Å². The van der Waals surface area contributed by atoms with E-state index in [9.17, 15) is 14.7 Å². The minimum atomic E-state index is -1.15. The fourth-order valence-electron chi connectivity index (χ4n) is 4.14. The van der Waals surface area contributed by atoms with Crippen molar-refractivity contribution in [3.05, 3.63) is 72.3 Å². The van der Waals surface area contributed by atoms with Gasteiger partial charge in [-0.1, -0.05) is 48.5 Å². The summed E-state index contributed by atoms with van der Waals surface area (Å²) in [7, 11) is 1.57. The Bertz CT molecular complexity index is 1030. The summed E-state index contributed by atoms with van der Waals surface area (Å²) in [5, 5.41) is 11.9. The minimum absolute atomic E-state index is 0.217. The number of quaternary nitrogens is 1. The van der Waals surface area contributed by atoms with Gasteiger partial charge in [-0.25, -0.2) is 4.79 Å². The van der Waals surface area contributed by atoms with Crippen LogP contribution in [0.15, 0.2) is 66.7 Å². The molecule has 1 fully saturated rings. The molecule has 1 heterocycles. The number of carbonyl (C=O) groups is 2. The maximum absolute atomic E-state index is 13.5. The Hall–Kier alpha value is -3.18. The highest BCUT2D eigenvalue weighted by Crippen LogP contribution is 2.44. The molecule has 5 nitrogen and oxygen atoms in total. The van der Waals surface area contributed by atoms with E-state index >= 15 is 0 Å². The molecule has 1 aliphatic rings. The zero-order chi connectivity index (χ0) is 19.0. The number of fused-ring (bicyclic) bond motifs is 1. The number of amides is 2. The van der Waals surface area contributed by atoms with Crippen molar-refractivity contribution in [2.75, 3.05) is 13.7 Å². The van der Waals surface area contributed by atoms with E-state index in [4.69, 9.17) is 4.74 Å². The van der Waals surface area contributed by atoms with Gasteiger partial charge in [0.15, 0.2) is 5.69 Å². The molecule has 5 heteroatoms. The van der Waals surface area contributed by atoms with Gasteiger partial charge in [-0.15, -0.1) is 4.48 Å². The highest BCUT2D eigenvalue weighted by Gasteiger charge is 2.57. The zero-order valence-corrected chi connectivity index (χ0v) is 15.0. The number of nitrogens with zero attached hydrogens (tertiary/aromatic N) is 1. The fourth-order valence-corrected chi connectivity index (χ4v) is 4.14. The van der Waals surface area contributed by atoms with Gasteiger partial charge in [-0.3, -0.25) is 0 Å². The first-order chi connectivity index (χ1) is 13.1. The molecular weight excluding hydrogens is 342 g/mol. The van der Waals surface area contributed by atoms with Crippen molar-refractivity contribution in [1.29, 1.82) is 0 Å². The number of carboxylic acid groups (broad SMARTS) is 1. The van der Waals surface area contributed by atoms with Crippen LogP contribution >= 0.6 is 0 Å². The number of methoxy groups -OCH3 is 1. The maximum atomic E-state index is 13.5. The summed E-state index contributed by atoms with van der Waals surface area (Å²) in [5.74, 6) is -0.254. The second-order valence-electron chi connectivity index (χ2n) is 6.73. The molecule has 0 saturated carbocycles. The van der Waals surface area contributed by atoms with Crippen molar-refractivity contribution < 1.29 is 19.4 Å². The first-order valence-electron chi connectivity index (χ1n) is 8.87. The number of benzene rings is 3. The molecular formula is C22H20NO4+. The SMILES string of the molecule is COc1ccc2ccccc2c1C1CC[N+](C(=O)O)(c2ccccc2)C1=O. The van der Waals surface area contributed by atoms with Crippen LogP contribution in [-0.2, 0) is 4.79 Å². The lowest BCUT2D eigenvalue weighted by molar-refractivity contribution is -0.126. The lowest BCUT2D eigenvalue weighted by Gasteiger charge is -2.25. The second-order valence-corrected chi connectivity index (χ2v) is 6.73. The predicted octanol–water partition coefficient (Wildman–Crippen LogP) is 4.55. The molecule has 1 aliphatic heterocycles. The van der Waals surface area contributed by atoms with Gasteiger partial charge >= 0.3 is 12.0 Å². The Kier molecular flexibility index (Phi) is 4.16. The van der Waals surface area contributed by atoms with E-state index in [-0.39, 0.29) is 12.5 Å². The summed E-state index contributed by atoms with van der Waals surface area (Å²) in [4.78, 5) is 25.8. The second kappa shape index (κ2) is 6.52. The first kappa shape index (κ1) is 17.2. The predicted molar refractivity (Wildman–Crippen MR) is 104 cm³/mol. The Balaban J connectivity index is 1.90. The Morgan fingerprint density at radius 1 is 1.04 bits per heavy atom. The Labute approximate surface area is 157 Å². The van der Waals surface area contributed by atoms with Crippen molar-refractivity contribution >= 4 is 28.5 Å². The highest BCUT2D eigenvalue weighted by molar-refractivity contribution is 6.11. The fraction of sp³-hybridized carbons (Fsp3) is 0.182. The molecule has 1 N–H and O–H groups in total. The first-order valence-corrected chi connectivity index (χ1v) is 8.87. The summed E-state index contributed by atoms with van der Waals surface area (Å²) in [6.07, 6.45) is -0.697. The molecule has 0 spiro atoms. The molecule has 3 aromatic carbocycles. The quantitative estimate of drug-likeness (QED) is 0.695. The molecule has 0 bridgehead atoms. The van der Waals surface area contributed by atoms with Gasteiger partial charge in [-0.2, -0.15) is 4.79 Å². The number of para-hydroxylation sites is 1. The topological polar surface area (TPSA) is 63.6 Å². The lowest BCUT2D eigenvalue weighted by Crippen LogP contribution is -2.55. The van der Waals surface area contributed by atoms with Crippen LogP contribution in [0.4, 0.5) is 10.5 Å². The van der Waals surface area contributed by atoms with Crippen LogP contribution in [0.25, 0.3) is 10.8 Å². The molecule has 0 aromatic heterocycles. The molecule has 0 aliphatic carbocycles. The molecule has 2 amide bonds. The van der Waals surface area contributed by atoms with Gasteiger partial charge in [0.05, 0.1) is 7.11 Å². The monoisotopic (exact) mass is 362 g/mol. The largest absolute Gasteiger partial charge is 0.526 e. The van der Waals surface area contributed by atoms with E-state index in [1.54, 1.807) is 31.4 Å². The van der Waals surface area contributed by atoms with Crippen LogP contribution in [0.1, 0.15) is 17.9 Å². The third kappa shape index (κ3) is 2.51. The summed E-state index contributed by atoms with van der Waals surface area (Å²) in [6.45, 7) is 0.217. The van der Waals surface area contributed by atoms with E-state index in [2.05, 4.69) is 0 Å². The highest BCUT2D eigenvalue weighted by atomic mass is 16.5. The van der Waals surface area contributed by atoms with E-state index in [1.807, 2.05) is 42.5 Å². The molecule has 0 radical (unpaired) electrons. The van der Waals surface area contributed by atoms with E-state index in [0.29, 0.717) is 17.9 Å². The number of likely N-dealkylation sites (tertiary alicyclic amines) is 1. The van der Waals surface area contributed by atoms with Gasteiger partial charge < -0.3 is 9.84 Å². The third-order valence-electron chi connectivity index (χ3n) is 5.45. The molecule has 136 valence electrons. The van der Waals surface area contributed by atoms with E-state index in [0.717, 1.165) is 16.3 Å². The molecule has 2 unspecified atom stereocenters. The van der Waals surface area contributed by atoms with Gasteiger partial charge in [0.25, 0.3) is 0 Å². The number of hydrogen-bond donors (Lipinski definition) is 1. The Morgan fingerprint density at radius 3 is 2.44 bits per heavy atom. The standard InChI is InChI=1S/C22H19NO4/c1-27-19-12-11-15-7-5-6-10-17(15)20(19)18-13-14-23(21(18)24,22(25)26)16-8-3-2-4-9-16/h2-12,18H,13-14H2,1H3/p+1. The smallest absolute Gasteiger partial charge is 0.496 e. The summed E-state index contributed by atoms with van der Waals surface area (Å²) < 4.78 is 4.86. The van der Waals surface area contributed by atoms with Crippen molar-refractivity contribution in [2.45, 2.75) is 12.3 Å². The number of hydrogen-bond acceptors (Lipinski definition) is 3. The number of imide groups is 1. The molecule has 1 saturated heterocycles. The number of rotatable bonds is 3. The zero-order valence-electron chi connectivity index (χ0n) is 15.0. The van der Waals surface area contributed by atoms with Crippen molar-refractivity contribution in [3.63, 3.8) is 0 Å². The van der Waals surface area contributed by atoms with Crippen LogP contribution in [0, 0.1) is 0 Å². The molecule has 2 atom stereocenters. The number of ether oxygens (including phenoxy) is 1. The normalized spacial score (nSPS) is 22.1. The third-order valence-corrected chi connectivity index (χ3v) is 5.45.